The molecule has 0 unspecified atom stereocenters. The van der Waals surface area contributed by atoms with E-state index in [2.05, 4.69) is 10.3 Å². The second-order valence-electron chi connectivity index (χ2n) is 4.27. The van der Waals surface area contributed by atoms with Crippen molar-refractivity contribution in [3.8, 4) is 0 Å². The van der Waals surface area contributed by atoms with Gasteiger partial charge in [-0.1, -0.05) is 11.8 Å². The maximum absolute atomic E-state index is 12.7. The summed E-state index contributed by atoms with van der Waals surface area (Å²) in [6.45, 7) is 0. The Morgan fingerprint density at radius 1 is 1.45 bits per heavy atom. The van der Waals surface area contributed by atoms with E-state index in [1.807, 2.05) is 0 Å². The lowest BCUT2D eigenvalue weighted by molar-refractivity contribution is -0.127. The van der Waals surface area contributed by atoms with Crippen molar-refractivity contribution in [2.24, 2.45) is 4.99 Å². The minimum Gasteiger partial charge on any atom is -0.326 e. The Kier molecular flexibility index (Phi) is 4.39. The van der Waals surface area contributed by atoms with Crippen LogP contribution in [0.25, 0.3) is 0 Å². The summed E-state index contributed by atoms with van der Waals surface area (Å²) in [7, 11) is 3.24. The van der Waals surface area contributed by atoms with E-state index in [1.54, 1.807) is 14.1 Å². The molecule has 1 aliphatic heterocycles. The molecule has 1 saturated heterocycles. The molecule has 1 heterocycles. The van der Waals surface area contributed by atoms with Gasteiger partial charge in [-0.05, 0) is 24.3 Å². The van der Waals surface area contributed by atoms with E-state index in [4.69, 9.17) is 0 Å². The van der Waals surface area contributed by atoms with Gasteiger partial charge in [-0.3, -0.25) is 19.5 Å². The van der Waals surface area contributed by atoms with Crippen LogP contribution in [-0.2, 0) is 9.59 Å². The Labute approximate surface area is 120 Å². The number of thioether (sulfide) groups is 1. The number of benzene rings is 1. The molecule has 2 amide bonds. The van der Waals surface area contributed by atoms with Crippen molar-refractivity contribution in [1.29, 1.82) is 0 Å². The third-order valence-corrected chi connectivity index (χ3v) is 4.15. The lowest BCUT2D eigenvalue weighted by atomic mass is 10.2. The third kappa shape index (κ3) is 3.16. The van der Waals surface area contributed by atoms with Crippen LogP contribution >= 0.6 is 11.8 Å². The monoisotopic (exact) mass is 295 g/mol. The molecule has 20 heavy (non-hydrogen) atoms. The van der Waals surface area contributed by atoms with Crippen LogP contribution in [0.3, 0.4) is 0 Å². The summed E-state index contributed by atoms with van der Waals surface area (Å²) in [6.07, 6.45) is 0.0598. The van der Waals surface area contributed by atoms with E-state index in [0.29, 0.717) is 10.9 Å². The van der Waals surface area contributed by atoms with Gasteiger partial charge in [0.2, 0.25) is 11.8 Å². The molecule has 0 radical (unpaired) electrons. The van der Waals surface area contributed by atoms with E-state index in [0.717, 1.165) is 0 Å². The molecular formula is C13H14FN3O2S. The zero-order valence-corrected chi connectivity index (χ0v) is 11.9. The molecule has 1 aliphatic rings. The second-order valence-corrected chi connectivity index (χ2v) is 5.44. The van der Waals surface area contributed by atoms with Gasteiger partial charge in [0.1, 0.15) is 11.1 Å². The van der Waals surface area contributed by atoms with Crippen molar-refractivity contribution in [3.63, 3.8) is 0 Å². The molecule has 7 heteroatoms. The van der Waals surface area contributed by atoms with Crippen molar-refractivity contribution in [2.45, 2.75) is 11.7 Å². The molecule has 106 valence electrons. The zero-order valence-electron chi connectivity index (χ0n) is 11.1. The highest BCUT2D eigenvalue weighted by atomic mass is 32.2. The van der Waals surface area contributed by atoms with Crippen LogP contribution in [0.2, 0.25) is 0 Å². The van der Waals surface area contributed by atoms with E-state index < -0.39 is 5.25 Å². The summed E-state index contributed by atoms with van der Waals surface area (Å²) in [4.78, 5) is 29.2. The first-order valence-electron chi connectivity index (χ1n) is 5.97. The van der Waals surface area contributed by atoms with Crippen LogP contribution in [0.15, 0.2) is 29.3 Å². The molecule has 0 saturated carbocycles. The summed E-state index contributed by atoms with van der Waals surface area (Å²) in [5, 5.41) is 2.78. The van der Waals surface area contributed by atoms with Gasteiger partial charge in [0.15, 0.2) is 5.17 Å². The first-order chi connectivity index (χ1) is 9.51. The number of amidine groups is 1. The van der Waals surface area contributed by atoms with E-state index in [1.165, 1.54) is 40.9 Å². The van der Waals surface area contributed by atoms with Gasteiger partial charge in [-0.2, -0.15) is 0 Å². The molecule has 0 bridgehead atoms. The van der Waals surface area contributed by atoms with E-state index >= 15 is 0 Å². The number of amides is 2. The van der Waals surface area contributed by atoms with Gasteiger partial charge in [0, 0.05) is 26.2 Å². The Morgan fingerprint density at radius 2 is 2.10 bits per heavy atom. The molecule has 1 aromatic rings. The lowest BCUT2D eigenvalue weighted by Crippen LogP contribution is -2.30. The Hall–Kier alpha value is -1.89. The maximum atomic E-state index is 12.7. The number of carbonyl (C=O) groups is 2. The van der Waals surface area contributed by atoms with Gasteiger partial charge in [0.25, 0.3) is 0 Å². The molecule has 0 aliphatic carbocycles. The van der Waals surface area contributed by atoms with E-state index in [-0.39, 0.29) is 24.1 Å². The van der Waals surface area contributed by atoms with Crippen LogP contribution in [0.5, 0.6) is 0 Å². The van der Waals surface area contributed by atoms with Crippen LogP contribution in [0, 0.1) is 5.82 Å². The summed E-state index contributed by atoms with van der Waals surface area (Å²) in [6, 6.07) is 5.48. The largest absolute Gasteiger partial charge is 0.326 e. The number of hydrogen-bond donors (Lipinski definition) is 1. The third-order valence-electron chi connectivity index (χ3n) is 2.83. The standard InChI is InChI=1S/C13H14FN3O2S/c1-15-13-17(2)12(19)10(20-13)7-11(18)16-9-5-3-8(14)4-6-9/h3-6,10H,7H2,1-2H3,(H,16,18)/t10-/m0/s1. The van der Waals surface area contributed by atoms with Gasteiger partial charge in [-0.15, -0.1) is 0 Å². The highest BCUT2D eigenvalue weighted by molar-refractivity contribution is 8.15. The average Bonchev–Trinajstić information content (AvgIpc) is 2.69. The van der Waals surface area contributed by atoms with E-state index in [9.17, 15) is 14.0 Å². The highest BCUT2D eigenvalue weighted by Crippen LogP contribution is 2.28. The Bertz CT molecular complexity index is 559. The lowest BCUT2D eigenvalue weighted by Gasteiger charge is -2.09. The van der Waals surface area contributed by atoms with Gasteiger partial charge < -0.3 is 5.32 Å². The topological polar surface area (TPSA) is 61.8 Å². The van der Waals surface area contributed by atoms with Crippen LogP contribution in [-0.4, -0.2) is 41.2 Å². The van der Waals surface area contributed by atoms with Crippen molar-refractivity contribution in [3.05, 3.63) is 30.1 Å². The predicted molar refractivity (Wildman–Crippen MR) is 77.2 cm³/mol. The van der Waals surface area contributed by atoms with Gasteiger partial charge in [0.05, 0.1) is 0 Å². The minimum atomic E-state index is -0.459. The minimum absolute atomic E-state index is 0.0598. The number of anilines is 1. The molecule has 1 aromatic carbocycles. The van der Waals surface area contributed by atoms with Crippen molar-refractivity contribution >= 4 is 34.4 Å². The number of hydrogen-bond acceptors (Lipinski definition) is 4. The smallest absolute Gasteiger partial charge is 0.242 e. The number of nitrogens with one attached hydrogen (secondary N) is 1. The zero-order chi connectivity index (χ0) is 14.7. The van der Waals surface area contributed by atoms with Gasteiger partial charge >= 0.3 is 0 Å². The van der Waals surface area contributed by atoms with Crippen molar-refractivity contribution in [2.75, 3.05) is 19.4 Å². The summed E-state index contributed by atoms with van der Waals surface area (Å²) in [5.74, 6) is -0.784. The number of nitrogens with zero attached hydrogens (tertiary/aromatic N) is 2. The molecule has 0 aromatic heterocycles. The first-order valence-corrected chi connectivity index (χ1v) is 6.85. The quantitative estimate of drug-likeness (QED) is 0.923. The molecule has 1 fully saturated rings. The maximum Gasteiger partial charge on any atom is 0.242 e. The normalized spacial score (nSPS) is 20.6. The number of carbonyl (C=O) groups excluding carboxylic acids is 2. The molecule has 1 N–H and O–H groups in total. The fourth-order valence-electron chi connectivity index (χ4n) is 1.81. The Balaban J connectivity index is 1.95. The first kappa shape index (κ1) is 14.5. The van der Waals surface area contributed by atoms with Gasteiger partial charge in [-0.25, -0.2) is 4.39 Å². The molecular weight excluding hydrogens is 281 g/mol. The SMILES string of the molecule is CN=C1S[C@@H](CC(=O)Nc2ccc(F)cc2)C(=O)N1C. The molecule has 2 rings (SSSR count). The number of rotatable bonds is 3. The molecule has 1 atom stereocenters. The number of halogens is 1. The van der Waals surface area contributed by atoms with Crippen LogP contribution in [0.4, 0.5) is 10.1 Å². The Morgan fingerprint density at radius 3 is 2.65 bits per heavy atom. The van der Waals surface area contributed by atoms with Crippen molar-refractivity contribution in [1.82, 2.24) is 4.90 Å². The summed E-state index contributed by atoms with van der Waals surface area (Å²) >= 11 is 1.27. The fourth-order valence-corrected chi connectivity index (χ4v) is 2.91. The fraction of sp³-hybridized carbons (Fsp3) is 0.308. The molecule has 0 spiro atoms. The summed E-state index contributed by atoms with van der Waals surface area (Å²) in [5.41, 5.74) is 0.504. The average molecular weight is 295 g/mol. The number of aliphatic imine (C=N–C) groups is 1. The van der Waals surface area contributed by atoms with Crippen LogP contribution in [0.1, 0.15) is 6.42 Å². The van der Waals surface area contributed by atoms with Crippen LogP contribution < -0.4 is 5.32 Å². The summed E-state index contributed by atoms with van der Waals surface area (Å²) < 4.78 is 12.7. The predicted octanol–water partition coefficient (Wildman–Crippen LogP) is 1.71. The highest BCUT2D eigenvalue weighted by Gasteiger charge is 2.36. The van der Waals surface area contributed by atoms with Crippen molar-refractivity contribution < 1.29 is 14.0 Å². The second kappa shape index (κ2) is 6.04. The molecule has 5 nitrogen and oxygen atoms in total.